The Hall–Kier alpha value is -5.09. The van der Waals surface area contributed by atoms with Crippen molar-refractivity contribution in [2.45, 2.75) is 91.9 Å². The van der Waals surface area contributed by atoms with Crippen LogP contribution in [0.1, 0.15) is 91.9 Å². The lowest BCUT2D eigenvalue weighted by molar-refractivity contribution is -0.129. The van der Waals surface area contributed by atoms with Crippen molar-refractivity contribution in [1.29, 1.82) is 0 Å². The SMILES string of the molecule is CC(CC(CC(C)C(N)=O)C(=O)NCCCCCNC(=O)CN=[N+]=[N-])C(N)=O.CCC(CC(C)C(=O)NCCCCCNC(=O)CN=[N+]=[N-])C(N)=O. The molecule has 0 aromatic rings. The summed E-state index contributed by atoms with van der Waals surface area (Å²) in [6.07, 6.45) is 6.28. The average Bonchev–Trinajstić information content (AvgIpc) is 3.10. The molecule has 294 valence electrons. The average molecular weight is 738 g/mol. The molecule has 0 aliphatic heterocycles. The van der Waals surface area contributed by atoms with Crippen LogP contribution in [0.5, 0.6) is 0 Å². The molecule has 4 unspecified atom stereocenters. The van der Waals surface area contributed by atoms with Gasteiger partial charge in [-0.2, -0.15) is 0 Å². The van der Waals surface area contributed by atoms with Gasteiger partial charge >= 0.3 is 0 Å². The van der Waals surface area contributed by atoms with Gasteiger partial charge in [0, 0.05) is 65.6 Å². The lowest BCUT2D eigenvalue weighted by Crippen LogP contribution is -2.36. The molecule has 0 aromatic heterocycles. The van der Waals surface area contributed by atoms with E-state index in [1.54, 1.807) is 20.8 Å². The summed E-state index contributed by atoms with van der Waals surface area (Å²) in [6, 6.07) is 0. The maximum atomic E-state index is 12.4. The zero-order chi connectivity index (χ0) is 39.9. The highest BCUT2D eigenvalue weighted by Crippen LogP contribution is 2.21. The molecule has 0 rings (SSSR count). The van der Waals surface area contributed by atoms with Gasteiger partial charge < -0.3 is 38.5 Å². The number of hydrogen-bond donors (Lipinski definition) is 7. The number of azide groups is 2. The van der Waals surface area contributed by atoms with Crippen LogP contribution >= 0.6 is 0 Å². The summed E-state index contributed by atoms with van der Waals surface area (Å²) in [5.74, 6) is -4.28. The zero-order valence-electron chi connectivity index (χ0n) is 31.0. The van der Waals surface area contributed by atoms with E-state index in [2.05, 4.69) is 41.3 Å². The molecular formula is C32H59N13O7. The molecule has 10 N–H and O–H groups in total. The third-order valence-corrected chi connectivity index (χ3v) is 8.10. The zero-order valence-corrected chi connectivity index (χ0v) is 31.0. The molecule has 0 aliphatic rings. The number of nitrogens with one attached hydrogen (secondary N) is 4. The van der Waals surface area contributed by atoms with Gasteiger partial charge in [-0.05, 0) is 75.3 Å². The van der Waals surface area contributed by atoms with Crippen molar-refractivity contribution in [3.63, 3.8) is 0 Å². The lowest BCUT2D eigenvalue weighted by Gasteiger charge is -2.21. The summed E-state index contributed by atoms with van der Waals surface area (Å²) in [5.41, 5.74) is 32.0. The number of carbonyl (C=O) groups excluding carboxylic acids is 7. The smallest absolute Gasteiger partial charge is 0.225 e. The first kappa shape index (κ1) is 49.0. The van der Waals surface area contributed by atoms with Crippen molar-refractivity contribution >= 4 is 41.4 Å². The van der Waals surface area contributed by atoms with Crippen LogP contribution in [0.2, 0.25) is 0 Å². The molecular weight excluding hydrogens is 678 g/mol. The molecule has 4 atom stereocenters. The number of nitrogens with two attached hydrogens (primary N) is 3. The van der Waals surface area contributed by atoms with Crippen molar-refractivity contribution in [1.82, 2.24) is 21.3 Å². The number of hydrogen-bond acceptors (Lipinski definition) is 9. The van der Waals surface area contributed by atoms with Crippen molar-refractivity contribution in [2.24, 2.45) is 57.0 Å². The van der Waals surface area contributed by atoms with E-state index in [0.717, 1.165) is 32.1 Å². The van der Waals surface area contributed by atoms with Crippen LogP contribution in [0.3, 0.4) is 0 Å². The molecule has 52 heavy (non-hydrogen) atoms. The molecule has 7 amide bonds. The highest BCUT2D eigenvalue weighted by molar-refractivity contribution is 5.83. The Morgan fingerprint density at radius 2 is 0.904 bits per heavy atom. The van der Waals surface area contributed by atoms with Crippen LogP contribution in [-0.2, 0) is 33.6 Å². The van der Waals surface area contributed by atoms with Gasteiger partial charge in [0.15, 0.2) is 0 Å². The monoisotopic (exact) mass is 737 g/mol. The Bertz CT molecular complexity index is 1210. The molecule has 0 bridgehead atoms. The van der Waals surface area contributed by atoms with Crippen molar-refractivity contribution < 1.29 is 33.6 Å². The maximum Gasteiger partial charge on any atom is 0.225 e. The van der Waals surface area contributed by atoms with Crippen LogP contribution < -0.4 is 38.5 Å². The second-order valence-electron chi connectivity index (χ2n) is 12.6. The van der Waals surface area contributed by atoms with Crippen LogP contribution in [-0.4, -0.2) is 80.6 Å². The minimum Gasteiger partial charge on any atom is -0.369 e. The lowest BCUT2D eigenvalue weighted by atomic mass is 9.87. The van der Waals surface area contributed by atoms with Crippen LogP contribution in [0.15, 0.2) is 10.2 Å². The maximum absolute atomic E-state index is 12.4. The van der Waals surface area contributed by atoms with Crippen LogP contribution in [0.25, 0.3) is 20.9 Å². The summed E-state index contributed by atoms with van der Waals surface area (Å²) >= 11 is 0. The summed E-state index contributed by atoms with van der Waals surface area (Å²) in [4.78, 5) is 85.5. The van der Waals surface area contributed by atoms with E-state index in [1.807, 2.05) is 6.92 Å². The predicted octanol–water partition coefficient (Wildman–Crippen LogP) is 1.58. The molecule has 0 aliphatic carbocycles. The van der Waals surface area contributed by atoms with Crippen LogP contribution in [0, 0.1) is 29.6 Å². The second kappa shape index (κ2) is 30.7. The van der Waals surface area contributed by atoms with Crippen molar-refractivity contribution in [3.05, 3.63) is 20.9 Å². The highest BCUT2D eigenvalue weighted by atomic mass is 16.2. The Labute approximate surface area is 305 Å². The molecule has 0 aromatic carbocycles. The van der Waals surface area contributed by atoms with Gasteiger partial charge in [-0.3, -0.25) is 33.6 Å². The number of unbranched alkanes of at least 4 members (excludes halogenated alkanes) is 4. The standard InChI is InChI=1S/C17H31N7O4.C15H28N6O3/c1-11(15(18)26)8-13(9-12(2)16(19)27)17(28)22-7-5-3-4-6-21-14(25)10-23-24-20;1-3-12(14(16)23)9-11(2)15(24)19-8-6-4-5-7-18-13(22)10-20-21-17/h11-13H,3-10H2,1-2H3,(H2,18,26)(H2,19,27)(H,21,25)(H,22,28);11-12H,3-10H2,1-2H3,(H2,16,23)(H,18,22)(H,19,24). The molecule has 0 spiro atoms. The van der Waals surface area contributed by atoms with Gasteiger partial charge in [0.05, 0.1) is 0 Å². The minimum atomic E-state index is -0.523. The third-order valence-electron chi connectivity index (χ3n) is 8.10. The Morgan fingerprint density at radius 3 is 1.25 bits per heavy atom. The van der Waals surface area contributed by atoms with Crippen molar-refractivity contribution in [2.75, 3.05) is 39.3 Å². The fourth-order valence-corrected chi connectivity index (χ4v) is 4.77. The molecule has 0 saturated heterocycles. The van der Waals surface area contributed by atoms with E-state index in [9.17, 15) is 33.6 Å². The molecule has 20 nitrogen and oxygen atoms in total. The quantitative estimate of drug-likeness (QED) is 0.0269. The summed E-state index contributed by atoms with van der Waals surface area (Å²) in [7, 11) is 0. The number of rotatable bonds is 28. The fourth-order valence-electron chi connectivity index (χ4n) is 4.77. The minimum absolute atomic E-state index is 0.0719. The summed E-state index contributed by atoms with van der Waals surface area (Å²) in [5, 5.41) is 17.2. The number of nitrogens with zero attached hydrogens (tertiary/aromatic N) is 6. The normalized spacial score (nSPS) is 13.1. The van der Waals surface area contributed by atoms with Crippen molar-refractivity contribution in [3.8, 4) is 0 Å². The predicted molar refractivity (Wildman–Crippen MR) is 194 cm³/mol. The topological polar surface area (TPSA) is 343 Å². The Kier molecular flexibility index (Phi) is 29.0. The van der Waals surface area contributed by atoms with Gasteiger partial charge in [-0.1, -0.05) is 37.9 Å². The van der Waals surface area contributed by atoms with E-state index in [-0.39, 0.29) is 67.3 Å². The molecule has 0 heterocycles. The highest BCUT2D eigenvalue weighted by Gasteiger charge is 2.27. The van der Waals surface area contributed by atoms with Crippen LogP contribution in [0.4, 0.5) is 0 Å². The van der Waals surface area contributed by atoms with E-state index in [0.29, 0.717) is 45.4 Å². The first-order chi connectivity index (χ1) is 24.6. The second-order valence-corrected chi connectivity index (χ2v) is 12.6. The van der Waals surface area contributed by atoms with Gasteiger partial charge in [0.25, 0.3) is 0 Å². The molecule has 0 radical (unpaired) electrons. The molecule has 0 fully saturated rings. The fraction of sp³-hybridized carbons (Fsp3) is 0.781. The van der Waals surface area contributed by atoms with E-state index in [4.69, 9.17) is 28.3 Å². The van der Waals surface area contributed by atoms with E-state index in [1.165, 1.54) is 0 Å². The Balaban J connectivity index is 0. The first-order valence-corrected chi connectivity index (χ1v) is 17.6. The summed E-state index contributed by atoms with van der Waals surface area (Å²) in [6.45, 7) is 8.54. The number of amides is 7. The summed E-state index contributed by atoms with van der Waals surface area (Å²) < 4.78 is 0. The first-order valence-electron chi connectivity index (χ1n) is 17.6. The third kappa shape index (κ3) is 26.7. The van der Waals surface area contributed by atoms with Gasteiger partial charge in [-0.25, -0.2) is 0 Å². The number of primary amides is 3. The van der Waals surface area contributed by atoms with Gasteiger partial charge in [-0.15, -0.1) is 0 Å². The molecule has 20 heteroatoms. The number of carbonyl (C=O) groups is 7. The largest absolute Gasteiger partial charge is 0.369 e. The Morgan fingerprint density at radius 1 is 0.538 bits per heavy atom. The molecule has 0 saturated carbocycles. The van der Waals surface area contributed by atoms with Gasteiger partial charge in [0.1, 0.15) is 13.1 Å². The van der Waals surface area contributed by atoms with E-state index >= 15 is 0 Å². The van der Waals surface area contributed by atoms with Gasteiger partial charge in [0.2, 0.25) is 41.4 Å². The van der Waals surface area contributed by atoms with E-state index < -0.39 is 29.6 Å².